The van der Waals surface area contributed by atoms with Gasteiger partial charge < -0.3 is 10.1 Å². The lowest BCUT2D eigenvalue weighted by atomic mass is 9.97. The molecule has 4 heteroatoms. The Morgan fingerprint density at radius 3 is 2.57 bits per heavy atom. The van der Waals surface area contributed by atoms with Gasteiger partial charge in [-0.15, -0.1) is 0 Å². The predicted octanol–water partition coefficient (Wildman–Crippen LogP) is 2.02. The quantitative estimate of drug-likeness (QED) is 0.871. The van der Waals surface area contributed by atoms with E-state index in [2.05, 4.69) is 36.2 Å². The maximum Gasteiger partial charge on any atom is 0.220 e. The van der Waals surface area contributed by atoms with Gasteiger partial charge in [0.05, 0.1) is 13.2 Å². The third kappa shape index (κ3) is 5.14. The molecule has 1 fully saturated rings. The van der Waals surface area contributed by atoms with Crippen LogP contribution in [0.15, 0.2) is 30.3 Å². The van der Waals surface area contributed by atoms with E-state index in [1.165, 1.54) is 5.56 Å². The molecule has 4 nitrogen and oxygen atoms in total. The van der Waals surface area contributed by atoms with Crippen LogP contribution in [-0.4, -0.2) is 49.7 Å². The number of hydrogen-bond donors (Lipinski definition) is 1. The van der Waals surface area contributed by atoms with Gasteiger partial charge >= 0.3 is 0 Å². The second-order valence-corrected chi connectivity index (χ2v) is 5.82. The third-order valence-electron chi connectivity index (χ3n) is 4.12. The Labute approximate surface area is 127 Å². The van der Waals surface area contributed by atoms with Crippen molar-refractivity contribution in [2.24, 2.45) is 0 Å². The highest BCUT2D eigenvalue weighted by atomic mass is 16.5. The Morgan fingerprint density at radius 2 is 1.90 bits per heavy atom. The first-order chi connectivity index (χ1) is 10.2. The fraction of sp³-hybridized carbons (Fsp3) is 0.588. The van der Waals surface area contributed by atoms with Crippen LogP contribution in [0.3, 0.4) is 0 Å². The second-order valence-electron chi connectivity index (χ2n) is 5.82. The molecule has 2 unspecified atom stereocenters. The molecule has 1 aliphatic heterocycles. The van der Waals surface area contributed by atoms with E-state index in [1.807, 2.05) is 18.2 Å². The standard InChI is InChI=1S/C17H26N2O2/c1-14(16-6-4-3-5-7-16)12-17(20)18-13-15(2)19-8-10-21-11-9-19/h3-7,14-15H,8-13H2,1-2H3,(H,18,20). The second kappa shape index (κ2) is 8.15. The molecule has 21 heavy (non-hydrogen) atoms. The van der Waals surface area contributed by atoms with Crippen molar-refractivity contribution in [3.63, 3.8) is 0 Å². The Morgan fingerprint density at radius 1 is 1.24 bits per heavy atom. The maximum absolute atomic E-state index is 12.1. The van der Waals surface area contributed by atoms with Crippen molar-refractivity contribution in [2.75, 3.05) is 32.8 Å². The monoisotopic (exact) mass is 290 g/mol. The van der Waals surface area contributed by atoms with Crippen LogP contribution in [-0.2, 0) is 9.53 Å². The van der Waals surface area contributed by atoms with E-state index in [-0.39, 0.29) is 11.8 Å². The van der Waals surface area contributed by atoms with Crippen LogP contribution in [0.1, 0.15) is 31.7 Å². The first-order valence-electron chi connectivity index (χ1n) is 7.80. The van der Waals surface area contributed by atoms with Crippen LogP contribution < -0.4 is 5.32 Å². The van der Waals surface area contributed by atoms with Gasteiger partial charge in [0.2, 0.25) is 5.91 Å². The Kier molecular flexibility index (Phi) is 6.21. The van der Waals surface area contributed by atoms with E-state index < -0.39 is 0 Å². The molecule has 1 aromatic carbocycles. The molecule has 2 rings (SSSR count). The lowest BCUT2D eigenvalue weighted by Gasteiger charge is -2.32. The van der Waals surface area contributed by atoms with Gasteiger partial charge in [0.15, 0.2) is 0 Å². The fourth-order valence-electron chi connectivity index (χ4n) is 2.66. The molecular weight excluding hydrogens is 264 g/mol. The zero-order valence-electron chi connectivity index (χ0n) is 13.0. The number of ether oxygens (including phenoxy) is 1. The molecule has 116 valence electrons. The van der Waals surface area contributed by atoms with Gasteiger partial charge in [-0.25, -0.2) is 0 Å². The highest BCUT2D eigenvalue weighted by molar-refractivity contribution is 5.76. The predicted molar refractivity (Wildman–Crippen MR) is 84.3 cm³/mol. The summed E-state index contributed by atoms with van der Waals surface area (Å²) in [6.45, 7) is 8.47. The summed E-state index contributed by atoms with van der Waals surface area (Å²) >= 11 is 0. The molecule has 1 heterocycles. The Balaban J connectivity index is 1.71. The van der Waals surface area contributed by atoms with Crippen molar-refractivity contribution in [1.82, 2.24) is 10.2 Å². The Hall–Kier alpha value is -1.39. The van der Waals surface area contributed by atoms with Crippen LogP contribution in [0.25, 0.3) is 0 Å². The minimum atomic E-state index is 0.131. The van der Waals surface area contributed by atoms with E-state index in [4.69, 9.17) is 4.74 Å². The molecule has 0 aromatic heterocycles. The highest BCUT2D eigenvalue weighted by Crippen LogP contribution is 2.18. The molecule has 1 amide bonds. The minimum Gasteiger partial charge on any atom is -0.379 e. The number of rotatable bonds is 6. The molecule has 1 N–H and O–H groups in total. The SMILES string of the molecule is CC(CC(=O)NCC(C)N1CCOCC1)c1ccccc1. The molecule has 0 aliphatic carbocycles. The summed E-state index contributed by atoms with van der Waals surface area (Å²) < 4.78 is 5.35. The van der Waals surface area contributed by atoms with Gasteiger partial charge in [0.1, 0.15) is 0 Å². The molecule has 0 saturated carbocycles. The molecule has 0 radical (unpaired) electrons. The largest absolute Gasteiger partial charge is 0.379 e. The first kappa shape index (κ1) is 16.0. The van der Waals surface area contributed by atoms with Crippen molar-refractivity contribution >= 4 is 5.91 Å². The molecule has 1 aromatic rings. The average Bonchev–Trinajstić information content (AvgIpc) is 2.54. The maximum atomic E-state index is 12.1. The summed E-state index contributed by atoms with van der Waals surface area (Å²) in [5.74, 6) is 0.386. The number of hydrogen-bond acceptors (Lipinski definition) is 3. The summed E-state index contributed by atoms with van der Waals surface area (Å²) in [5.41, 5.74) is 1.22. The van der Waals surface area contributed by atoms with Crippen molar-refractivity contribution in [2.45, 2.75) is 32.2 Å². The fourth-order valence-corrected chi connectivity index (χ4v) is 2.66. The van der Waals surface area contributed by atoms with Crippen molar-refractivity contribution < 1.29 is 9.53 Å². The molecule has 1 saturated heterocycles. The number of carbonyl (C=O) groups is 1. The van der Waals surface area contributed by atoms with Crippen LogP contribution in [0.4, 0.5) is 0 Å². The van der Waals surface area contributed by atoms with Gasteiger partial charge in [0, 0.05) is 32.1 Å². The summed E-state index contributed by atoms with van der Waals surface area (Å²) in [6.07, 6.45) is 0.542. The number of nitrogens with zero attached hydrogens (tertiary/aromatic N) is 1. The van der Waals surface area contributed by atoms with E-state index in [0.717, 1.165) is 26.3 Å². The zero-order chi connectivity index (χ0) is 15.1. The van der Waals surface area contributed by atoms with Crippen LogP contribution in [0.5, 0.6) is 0 Å². The van der Waals surface area contributed by atoms with E-state index >= 15 is 0 Å². The third-order valence-corrected chi connectivity index (χ3v) is 4.12. The summed E-state index contributed by atoms with van der Waals surface area (Å²) in [6, 6.07) is 10.6. The Bertz CT molecular complexity index is 430. The van der Waals surface area contributed by atoms with Gasteiger partial charge in [-0.2, -0.15) is 0 Å². The highest BCUT2D eigenvalue weighted by Gasteiger charge is 2.18. The summed E-state index contributed by atoms with van der Waals surface area (Å²) in [4.78, 5) is 14.4. The van der Waals surface area contributed by atoms with E-state index in [1.54, 1.807) is 0 Å². The van der Waals surface area contributed by atoms with Gasteiger partial charge in [0.25, 0.3) is 0 Å². The van der Waals surface area contributed by atoms with Crippen LogP contribution in [0.2, 0.25) is 0 Å². The van der Waals surface area contributed by atoms with Gasteiger partial charge in [-0.05, 0) is 18.4 Å². The molecule has 1 aliphatic rings. The molecule has 2 atom stereocenters. The topological polar surface area (TPSA) is 41.6 Å². The number of carbonyl (C=O) groups excluding carboxylic acids is 1. The lowest BCUT2D eigenvalue weighted by Crippen LogP contribution is -2.47. The van der Waals surface area contributed by atoms with Crippen LogP contribution >= 0.6 is 0 Å². The van der Waals surface area contributed by atoms with Gasteiger partial charge in [-0.1, -0.05) is 37.3 Å². The molecule has 0 spiro atoms. The smallest absolute Gasteiger partial charge is 0.220 e. The van der Waals surface area contributed by atoms with Crippen LogP contribution in [0, 0.1) is 0 Å². The minimum absolute atomic E-state index is 0.131. The number of morpholine rings is 1. The summed E-state index contributed by atoms with van der Waals surface area (Å²) in [7, 11) is 0. The zero-order valence-corrected chi connectivity index (χ0v) is 13.0. The number of amides is 1. The van der Waals surface area contributed by atoms with E-state index in [9.17, 15) is 4.79 Å². The first-order valence-corrected chi connectivity index (χ1v) is 7.80. The normalized spacial score (nSPS) is 19.0. The average molecular weight is 290 g/mol. The molecule has 0 bridgehead atoms. The number of nitrogens with one attached hydrogen (secondary N) is 1. The van der Waals surface area contributed by atoms with E-state index in [0.29, 0.717) is 19.0 Å². The summed E-state index contributed by atoms with van der Waals surface area (Å²) in [5, 5.41) is 3.06. The number of benzene rings is 1. The van der Waals surface area contributed by atoms with Crippen molar-refractivity contribution in [1.29, 1.82) is 0 Å². The lowest BCUT2D eigenvalue weighted by molar-refractivity contribution is -0.121. The van der Waals surface area contributed by atoms with Crippen molar-refractivity contribution in [3.8, 4) is 0 Å². The van der Waals surface area contributed by atoms with Crippen molar-refractivity contribution in [3.05, 3.63) is 35.9 Å². The van der Waals surface area contributed by atoms with Gasteiger partial charge in [-0.3, -0.25) is 9.69 Å². The molecular formula is C17H26N2O2.